The summed E-state index contributed by atoms with van der Waals surface area (Å²) in [5.41, 5.74) is 0. The molecule has 1 aliphatic rings. The van der Waals surface area contributed by atoms with Crippen molar-refractivity contribution in [2.45, 2.75) is 64.3 Å². The van der Waals surface area contributed by atoms with Crippen molar-refractivity contribution in [3.63, 3.8) is 0 Å². The average Bonchev–Trinajstić information content (AvgIpc) is 2.70. The summed E-state index contributed by atoms with van der Waals surface area (Å²) in [7, 11) is 0. The normalized spacial score (nSPS) is 22.4. The van der Waals surface area contributed by atoms with E-state index in [-0.39, 0.29) is 0 Å². The van der Waals surface area contributed by atoms with E-state index in [1.165, 1.54) is 69.8 Å². The summed E-state index contributed by atoms with van der Waals surface area (Å²) in [5.74, 6) is 0. The Morgan fingerprint density at radius 3 is 2.60 bits per heavy atom. The Balaban J connectivity index is 1.95. The highest BCUT2D eigenvalue weighted by Gasteiger charge is 2.22. The Morgan fingerprint density at radius 1 is 1.13 bits per heavy atom. The van der Waals surface area contributed by atoms with Gasteiger partial charge < -0.3 is 0 Å². The van der Waals surface area contributed by atoms with Gasteiger partial charge in [-0.05, 0) is 32.4 Å². The molecule has 1 heterocycles. The third-order valence-corrected chi connectivity index (χ3v) is 4.22. The summed E-state index contributed by atoms with van der Waals surface area (Å²) in [5, 5.41) is 1.17. The van der Waals surface area contributed by atoms with Crippen molar-refractivity contribution >= 4 is 15.9 Å². The van der Waals surface area contributed by atoms with Crippen LogP contribution < -0.4 is 0 Å². The van der Waals surface area contributed by atoms with Crippen LogP contribution in [0.15, 0.2) is 0 Å². The average molecular weight is 276 g/mol. The second kappa shape index (κ2) is 8.58. The zero-order chi connectivity index (χ0) is 10.9. The summed E-state index contributed by atoms with van der Waals surface area (Å²) in [6.07, 6.45) is 11.3. The van der Waals surface area contributed by atoms with Crippen molar-refractivity contribution in [1.29, 1.82) is 0 Å². The zero-order valence-corrected chi connectivity index (χ0v) is 11.8. The molecule has 1 nitrogen and oxygen atoms in total. The van der Waals surface area contributed by atoms with Crippen LogP contribution in [0.4, 0.5) is 0 Å². The van der Waals surface area contributed by atoms with Crippen LogP contribution in [0, 0.1) is 0 Å². The molecule has 1 atom stereocenters. The monoisotopic (exact) mass is 275 g/mol. The molecule has 0 bridgehead atoms. The van der Waals surface area contributed by atoms with Gasteiger partial charge in [0.2, 0.25) is 0 Å². The maximum absolute atomic E-state index is 3.62. The van der Waals surface area contributed by atoms with Crippen LogP contribution in [-0.2, 0) is 0 Å². The first kappa shape index (κ1) is 13.5. The van der Waals surface area contributed by atoms with Crippen LogP contribution in [0.1, 0.15) is 58.3 Å². The van der Waals surface area contributed by atoms with Gasteiger partial charge in [0.15, 0.2) is 0 Å². The smallest absolute Gasteiger partial charge is 0.0193 e. The van der Waals surface area contributed by atoms with E-state index in [2.05, 4.69) is 27.8 Å². The second-order valence-corrected chi connectivity index (χ2v) is 5.40. The summed E-state index contributed by atoms with van der Waals surface area (Å²) in [4.78, 5) is 2.68. The summed E-state index contributed by atoms with van der Waals surface area (Å²) < 4.78 is 0. The number of unbranched alkanes of at least 4 members (excludes halogenated alkanes) is 5. The van der Waals surface area contributed by atoms with Crippen molar-refractivity contribution in [2.24, 2.45) is 0 Å². The molecule has 0 spiro atoms. The second-order valence-electron chi connectivity index (χ2n) is 4.75. The van der Waals surface area contributed by atoms with Gasteiger partial charge in [-0.25, -0.2) is 0 Å². The van der Waals surface area contributed by atoms with Gasteiger partial charge >= 0.3 is 0 Å². The van der Waals surface area contributed by atoms with Crippen LogP contribution in [0.3, 0.4) is 0 Å². The van der Waals surface area contributed by atoms with Crippen LogP contribution in [-0.4, -0.2) is 29.4 Å². The minimum atomic E-state index is 0.834. The molecular weight excluding hydrogens is 250 g/mol. The standard InChI is InChI=1S/C13H26BrN/c1-2-3-4-5-6-7-10-15-11-8-9-13(15)12-14/h13H,2-12H2,1H3. The lowest BCUT2D eigenvalue weighted by Crippen LogP contribution is -2.31. The Hall–Kier alpha value is 0.440. The van der Waals surface area contributed by atoms with Gasteiger partial charge in [0.05, 0.1) is 0 Å². The lowest BCUT2D eigenvalue weighted by molar-refractivity contribution is 0.266. The number of nitrogens with zero attached hydrogens (tertiary/aromatic N) is 1. The van der Waals surface area contributed by atoms with Gasteiger partial charge in [0.1, 0.15) is 0 Å². The maximum Gasteiger partial charge on any atom is 0.0193 e. The lowest BCUT2D eigenvalue weighted by atomic mass is 10.1. The summed E-state index contributed by atoms with van der Waals surface area (Å²) in [6, 6.07) is 0.834. The van der Waals surface area contributed by atoms with E-state index in [9.17, 15) is 0 Å². The molecule has 0 aliphatic carbocycles. The zero-order valence-electron chi connectivity index (χ0n) is 10.2. The van der Waals surface area contributed by atoms with E-state index in [1.54, 1.807) is 0 Å². The van der Waals surface area contributed by atoms with E-state index < -0.39 is 0 Å². The summed E-state index contributed by atoms with van der Waals surface area (Å²) in [6.45, 7) is 4.96. The molecule has 0 aromatic rings. The molecule has 0 aromatic carbocycles. The summed E-state index contributed by atoms with van der Waals surface area (Å²) >= 11 is 3.62. The molecule has 0 N–H and O–H groups in total. The molecule has 2 heteroatoms. The Kier molecular flexibility index (Phi) is 7.72. The predicted octanol–water partition coefficient (Wildman–Crippen LogP) is 4.21. The SMILES string of the molecule is CCCCCCCCN1CCCC1CBr. The van der Waals surface area contributed by atoms with Gasteiger partial charge in [0, 0.05) is 11.4 Å². The number of alkyl halides is 1. The Bertz CT molecular complexity index is 149. The molecule has 1 fully saturated rings. The number of halogens is 1. The van der Waals surface area contributed by atoms with Crippen molar-refractivity contribution in [1.82, 2.24) is 4.90 Å². The molecule has 1 saturated heterocycles. The van der Waals surface area contributed by atoms with Crippen molar-refractivity contribution in [3.8, 4) is 0 Å². The highest BCUT2D eigenvalue weighted by molar-refractivity contribution is 9.09. The first-order chi connectivity index (χ1) is 7.38. The van der Waals surface area contributed by atoms with Gasteiger partial charge in [-0.15, -0.1) is 0 Å². The Labute approximate surface area is 104 Å². The quantitative estimate of drug-likeness (QED) is 0.474. The number of hydrogen-bond donors (Lipinski definition) is 0. The van der Waals surface area contributed by atoms with Gasteiger partial charge in [-0.1, -0.05) is 55.0 Å². The maximum atomic E-state index is 3.62. The van der Waals surface area contributed by atoms with Crippen LogP contribution in [0.25, 0.3) is 0 Å². The van der Waals surface area contributed by atoms with E-state index in [1.807, 2.05) is 0 Å². The molecule has 90 valence electrons. The number of likely N-dealkylation sites (tertiary alicyclic amines) is 1. The first-order valence-corrected chi connectivity index (χ1v) is 7.80. The fraction of sp³-hybridized carbons (Fsp3) is 1.00. The molecule has 0 aromatic heterocycles. The largest absolute Gasteiger partial charge is 0.300 e. The van der Waals surface area contributed by atoms with Crippen molar-refractivity contribution < 1.29 is 0 Å². The van der Waals surface area contributed by atoms with Gasteiger partial charge in [-0.2, -0.15) is 0 Å². The molecule has 1 rings (SSSR count). The Morgan fingerprint density at radius 2 is 1.87 bits per heavy atom. The van der Waals surface area contributed by atoms with Crippen LogP contribution in [0.2, 0.25) is 0 Å². The fourth-order valence-corrected chi connectivity index (χ4v) is 3.19. The van der Waals surface area contributed by atoms with Crippen molar-refractivity contribution in [3.05, 3.63) is 0 Å². The molecule has 1 unspecified atom stereocenters. The van der Waals surface area contributed by atoms with Crippen molar-refractivity contribution in [2.75, 3.05) is 18.4 Å². The van der Waals surface area contributed by atoms with Crippen LogP contribution >= 0.6 is 15.9 Å². The van der Waals surface area contributed by atoms with E-state index >= 15 is 0 Å². The van der Waals surface area contributed by atoms with E-state index in [0.717, 1.165) is 6.04 Å². The highest BCUT2D eigenvalue weighted by Crippen LogP contribution is 2.19. The molecule has 15 heavy (non-hydrogen) atoms. The minimum Gasteiger partial charge on any atom is -0.300 e. The van der Waals surface area contributed by atoms with Gasteiger partial charge in [0.25, 0.3) is 0 Å². The number of rotatable bonds is 8. The first-order valence-electron chi connectivity index (χ1n) is 6.68. The third-order valence-electron chi connectivity index (χ3n) is 3.48. The molecule has 0 radical (unpaired) electrons. The fourth-order valence-electron chi connectivity index (χ4n) is 2.46. The topological polar surface area (TPSA) is 3.24 Å². The molecule has 0 saturated carbocycles. The molecule has 1 aliphatic heterocycles. The van der Waals surface area contributed by atoms with E-state index in [0.29, 0.717) is 0 Å². The molecular formula is C13H26BrN. The highest BCUT2D eigenvalue weighted by atomic mass is 79.9. The predicted molar refractivity (Wildman–Crippen MR) is 71.8 cm³/mol. The minimum absolute atomic E-state index is 0.834. The van der Waals surface area contributed by atoms with Crippen LogP contribution in [0.5, 0.6) is 0 Å². The third kappa shape index (κ3) is 5.35. The number of hydrogen-bond acceptors (Lipinski definition) is 1. The lowest BCUT2D eigenvalue weighted by Gasteiger charge is -2.22. The molecule has 0 amide bonds. The van der Waals surface area contributed by atoms with Gasteiger partial charge in [-0.3, -0.25) is 4.90 Å². The van der Waals surface area contributed by atoms with E-state index in [4.69, 9.17) is 0 Å².